The third-order valence-electron chi connectivity index (χ3n) is 8.47. The number of pyridine rings is 2. The molecule has 0 aliphatic carbocycles. The van der Waals surface area contributed by atoms with Gasteiger partial charge in [-0.25, -0.2) is 4.98 Å². The van der Waals surface area contributed by atoms with Crippen molar-refractivity contribution in [2.75, 3.05) is 0 Å². The first kappa shape index (κ1) is 24.2. The van der Waals surface area contributed by atoms with Gasteiger partial charge in [0.1, 0.15) is 0 Å². The highest BCUT2D eigenvalue weighted by atomic mass is 32.1. The smallest absolute Gasteiger partial charge is 0.0788 e. The van der Waals surface area contributed by atoms with Crippen LogP contribution in [-0.2, 0) is 0 Å². The Labute approximate surface area is 252 Å². The van der Waals surface area contributed by atoms with Gasteiger partial charge in [-0.3, -0.25) is 4.98 Å². The predicted octanol–water partition coefficient (Wildman–Crippen LogP) is 11.3. The van der Waals surface area contributed by atoms with E-state index in [2.05, 4.69) is 133 Å². The molecule has 0 atom stereocenters. The molecule has 0 fully saturated rings. The lowest BCUT2D eigenvalue weighted by Gasteiger charge is -2.11. The molecule has 0 N–H and O–H groups in total. The van der Waals surface area contributed by atoms with Crippen LogP contribution in [0.15, 0.2) is 146 Å². The molecule has 0 unspecified atom stereocenters. The largest absolute Gasteiger partial charge is 0.256 e. The topological polar surface area (TPSA) is 25.8 Å². The second-order valence-electron chi connectivity index (χ2n) is 11.0. The van der Waals surface area contributed by atoms with Gasteiger partial charge in [-0.05, 0) is 40.8 Å². The van der Waals surface area contributed by atoms with Crippen LogP contribution in [0.1, 0.15) is 0 Å². The maximum atomic E-state index is 5.16. The van der Waals surface area contributed by atoms with Crippen molar-refractivity contribution in [1.29, 1.82) is 0 Å². The van der Waals surface area contributed by atoms with Crippen molar-refractivity contribution >= 4 is 64.0 Å². The van der Waals surface area contributed by atoms with Crippen molar-refractivity contribution in [3.8, 4) is 33.6 Å². The standard InChI is InChI=1S/C40H24N2S/c1-3-10-25(11-4-1)35-23-27-18-19-28(22-29(27)24-41-35)30-15-9-16-33-38-36(43-40(30)33)21-20-32-37(38)31-14-7-8-17-34(31)42-39(32)26-12-5-2-6-13-26/h1-24H. The number of rotatable bonds is 3. The molecule has 0 aliphatic heterocycles. The van der Waals surface area contributed by atoms with E-state index >= 15 is 0 Å². The summed E-state index contributed by atoms with van der Waals surface area (Å²) in [6, 6.07) is 49.7. The zero-order valence-electron chi connectivity index (χ0n) is 23.2. The maximum absolute atomic E-state index is 5.16. The first-order valence-electron chi connectivity index (χ1n) is 14.5. The molecule has 0 aliphatic rings. The van der Waals surface area contributed by atoms with Crippen LogP contribution in [0, 0.1) is 0 Å². The number of nitrogens with zero attached hydrogens (tertiary/aromatic N) is 2. The SMILES string of the molecule is c1ccc(-c2cc3ccc(-c4cccc5c4sc4ccc6c(-c7ccccc7)nc7ccccc7c6c45)cc3cn2)cc1. The van der Waals surface area contributed by atoms with Gasteiger partial charge >= 0.3 is 0 Å². The van der Waals surface area contributed by atoms with Crippen molar-refractivity contribution in [1.82, 2.24) is 9.97 Å². The summed E-state index contributed by atoms with van der Waals surface area (Å²) in [5, 5.41) is 8.60. The minimum atomic E-state index is 0.996. The van der Waals surface area contributed by atoms with E-state index in [0.717, 1.165) is 33.4 Å². The highest BCUT2D eigenvalue weighted by Crippen LogP contribution is 2.46. The third-order valence-corrected chi connectivity index (χ3v) is 9.68. The Hall–Kier alpha value is -5.38. The molecule has 0 saturated carbocycles. The summed E-state index contributed by atoms with van der Waals surface area (Å²) in [5.41, 5.74) is 7.78. The van der Waals surface area contributed by atoms with Crippen LogP contribution >= 0.6 is 11.3 Å². The van der Waals surface area contributed by atoms with Gasteiger partial charge in [0.15, 0.2) is 0 Å². The number of hydrogen-bond donors (Lipinski definition) is 0. The molecule has 9 rings (SSSR count). The van der Waals surface area contributed by atoms with Crippen molar-refractivity contribution in [2.45, 2.75) is 0 Å². The Bertz CT molecular complexity index is 2500. The predicted molar refractivity (Wildman–Crippen MR) is 184 cm³/mol. The van der Waals surface area contributed by atoms with Crippen LogP contribution in [0.3, 0.4) is 0 Å². The maximum Gasteiger partial charge on any atom is 0.0788 e. The molecule has 43 heavy (non-hydrogen) atoms. The second-order valence-corrected chi connectivity index (χ2v) is 12.0. The summed E-state index contributed by atoms with van der Waals surface area (Å²) < 4.78 is 2.60. The fraction of sp³-hybridized carbons (Fsp3) is 0. The van der Waals surface area contributed by atoms with E-state index in [9.17, 15) is 0 Å². The van der Waals surface area contributed by atoms with E-state index in [1.54, 1.807) is 0 Å². The molecule has 0 saturated heterocycles. The number of fused-ring (bicyclic) bond motifs is 8. The van der Waals surface area contributed by atoms with Gasteiger partial charge in [0.05, 0.1) is 16.9 Å². The van der Waals surface area contributed by atoms with Crippen LogP contribution in [0.5, 0.6) is 0 Å². The first-order valence-corrected chi connectivity index (χ1v) is 15.3. The Kier molecular flexibility index (Phi) is 5.40. The van der Waals surface area contributed by atoms with E-state index in [-0.39, 0.29) is 0 Å². The summed E-state index contributed by atoms with van der Waals surface area (Å²) in [6.45, 7) is 0. The molecule has 200 valence electrons. The molecule has 0 bridgehead atoms. The van der Waals surface area contributed by atoms with E-state index in [1.807, 2.05) is 23.6 Å². The molecule has 0 radical (unpaired) electrons. The summed E-state index contributed by atoms with van der Waals surface area (Å²) in [7, 11) is 0. The van der Waals surface area contributed by atoms with Crippen molar-refractivity contribution in [3.05, 3.63) is 146 Å². The monoisotopic (exact) mass is 564 g/mol. The van der Waals surface area contributed by atoms with E-state index in [1.165, 1.54) is 52.8 Å². The number of aromatic nitrogens is 2. The van der Waals surface area contributed by atoms with E-state index in [0.29, 0.717) is 0 Å². The van der Waals surface area contributed by atoms with Gasteiger partial charge in [0, 0.05) is 59.0 Å². The van der Waals surface area contributed by atoms with E-state index in [4.69, 9.17) is 9.97 Å². The molecule has 0 spiro atoms. The number of para-hydroxylation sites is 1. The zero-order valence-corrected chi connectivity index (χ0v) is 24.0. The third kappa shape index (κ3) is 3.86. The van der Waals surface area contributed by atoms with E-state index < -0.39 is 0 Å². The van der Waals surface area contributed by atoms with Crippen LogP contribution in [0.2, 0.25) is 0 Å². The summed E-state index contributed by atoms with van der Waals surface area (Å²) in [6.07, 6.45) is 2.00. The molecular formula is C40H24N2S. The molecule has 3 heteroatoms. The van der Waals surface area contributed by atoms with Gasteiger partial charge in [0.2, 0.25) is 0 Å². The lowest BCUT2D eigenvalue weighted by atomic mass is 9.95. The first-order chi connectivity index (χ1) is 21.3. The summed E-state index contributed by atoms with van der Waals surface area (Å²) in [4.78, 5) is 9.96. The van der Waals surface area contributed by atoms with Gasteiger partial charge in [-0.15, -0.1) is 11.3 Å². The molecule has 6 aromatic carbocycles. The van der Waals surface area contributed by atoms with Crippen LogP contribution in [-0.4, -0.2) is 9.97 Å². The lowest BCUT2D eigenvalue weighted by Crippen LogP contribution is -1.90. The molecule has 3 heterocycles. The average molecular weight is 565 g/mol. The number of hydrogen-bond acceptors (Lipinski definition) is 3. The molecule has 9 aromatic rings. The Morgan fingerprint density at radius 3 is 2.12 bits per heavy atom. The highest BCUT2D eigenvalue weighted by Gasteiger charge is 2.18. The van der Waals surface area contributed by atoms with Crippen molar-refractivity contribution < 1.29 is 0 Å². The van der Waals surface area contributed by atoms with Crippen LogP contribution in [0.4, 0.5) is 0 Å². The molecule has 0 amide bonds. The highest BCUT2D eigenvalue weighted by molar-refractivity contribution is 7.26. The minimum absolute atomic E-state index is 0.996. The van der Waals surface area contributed by atoms with Crippen LogP contribution in [0.25, 0.3) is 86.3 Å². The normalized spacial score (nSPS) is 11.7. The van der Waals surface area contributed by atoms with Crippen LogP contribution < -0.4 is 0 Å². The molecule has 2 nitrogen and oxygen atoms in total. The quantitative estimate of drug-likeness (QED) is 0.199. The summed E-state index contributed by atoms with van der Waals surface area (Å²) >= 11 is 1.88. The molecular weight excluding hydrogens is 541 g/mol. The number of thiophene rings is 1. The van der Waals surface area contributed by atoms with Gasteiger partial charge in [0.25, 0.3) is 0 Å². The second kappa shape index (κ2) is 9.59. The van der Waals surface area contributed by atoms with Gasteiger partial charge < -0.3 is 0 Å². The Balaban J connectivity index is 1.28. The van der Waals surface area contributed by atoms with Crippen molar-refractivity contribution in [2.24, 2.45) is 0 Å². The van der Waals surface area contributed by atoms with Crippen molar-refractivity contribution in [3.63, 3.8) is 0 Å². The average Bonchev–Trinajstić information content (AvgIpc) is 3.47. The Morgan fingerprint density at radius 2 is 1.26 bits per heavy atom. The summed E-state index contributed by atoms with van der Waals surface area (Å²) in [5.74, 6) is 0. The number of benzene rings is 6. The minimum Gasteiger partial charge on any atom is -0.256 e. The van der Waals surface area contributed by atoms with Gasteiger partial charge in [-0.2, -0.15) is 0 Å². The fourth-order valence-corrected chi connectivity index (χ4v) is 7.70. The van der Waals surface area contributed by atoms with Gasteiger partial charge in [-0.1, -0.05) is 115 Å². The lowest BCUT2D eigenvalue weighted by molar-refractivity contribution is 1.36. The molecule has 3 aromatic heterocycles. The Morgan fingerprint density at radius 1 is 0.488 bits per heavy atom. The zero-order chi connectivity index (χ0) is 28.3. The fourth-order valence-electron chi connectivity index (χ4n) is 6.45.